The minimum atomic E-state index is -3.59. The molecule has 1 radical (unpaired) electrons. The zero-order valence-electron chi connectivity index (χ0n) is 11.0. The van der Waals surface area contributed by atoms with Gasteiger partial charge in [-0.15, -0.1) is 0 Å². The Morgan fingerprint density at radius 2 is 1.90 bits per heavy atom. The molecule has 0 saturated heterocycles. The first-order valence-corrected chi connectivity index (χ1v) is 7.45. The molecule has 2 rings (SSSR count). The van der Waals surface area contributed by atoms with E-state index in [2.05, 4.69) is 0 Å². The summed E-state index contributed by atoms with van der Waals surface area (Å²) in [6, 6.07) is 8.25. The first kappa shape index (κ1) is 14.3. The monoisotopic (exact) mass is 291 g/mol. The van der Waals surface area contributed by atoms with Crippen molar-refractivity contribution < 1.29 is 13.2 Å². The van der Waals surface area contributed by atoms with E-state index in [1.165, 1.54) is 12.4 Å². The average molecular weight is 291 g/mol. The molecule has 0 aliphatic rings. The van der Waals surface area contributed by atoms with Crippen LogP contribution in [0.3, 0.4) is 0 Å². The molecule has 1 amide bonds. The molecule has 0 atom stereocenters. The van der Waals surface area contributed by atoms with E-state index in [1.807, 2.05) is 6.92 Å². The lowest BCUT2D eigenvalue weighted by atomic mass is 10.2. The highest BCUT2D eigenvalue weighted by atomic mass is 32.2. The number of primary amides is 1. The van der Waals surface area contributed by atoms with Crippen molar-refractivity contribution in [3.8, 4) is 0 Å². The Hall–Kier alpha value is -2.08. The van der Waals surface area contributed by atoms with E-state index in [-0.39, 0.29) is 11.3 Å². The van der Waals surface area contributed by atoms with Crippen LogP contribution in [0.2, 0.25) is 0 Å². The van der Waals surface area contributed by atoms with Crippen molar-refractivity contribution in [3.63, 3.8) is 0 Å². The van der Waals surface area contributed by atoms with E-state index in [0.29, 0.717) is 5.56 Å². The second-order valence-corrected chi connectivity index (χ2v) is 6.31. The average Bonchev–Trinajstić information content (AvgIpc) is 2.86. The van der Waals surface area contributed by atoms with Gasteiger partial charge in [0.05, 0.1) is 4.90 Å². The summed E-state index contributed by atoms with van der Waals surface area (Å²) >= 11 is 0. The fourth-order valence-corrected chi connectivity index (χ4v) is 2.92. The van der Waals surface area contributed by atoms with Crippen LogP contribution in [0, 0.1) is 13.3 Å². The molecule has 0 aliphatic heterocycles. The zero-order valence-corrected chi connectivity index (χ0v) is 11.8. The largest absolute Gasteiger partial charge is 0.370 e. The van der Waals surface area contributed by atoms with Crippen molar-refractivity contribution in [2.45, 2.75) is 18.2 Å². The fourth-order valence-electron chi connectivity index (χ4n) is 1.71. The molecule has 6 heteroatoms. The number of amides is 1. The molecule has 2 N–H and O–H groups in total. The molecular weight excluding hydrogens is 276 g/mol. The number of hydrogen-bond acceptors (Lipinski definition) is 3. The molecule has 0 spiro atoms. The Balaban J connectivity index is 2.26. The highest BCUT2D eigenvalue weighted by Gasteiger charge is 2.16. The van der Waals surface area contributed by atoms with Crippen LogP contribution in [0.15, 0.2) is 47.6 Å². The Labute approximate surface area is 118 Å². The van der Waals surface area contributed by atoms with Gasteiger partial charge in [0.15, 0.2) is 0 Å². The van der Waals surface area contributed by atoms with Crippen molar-refractivity contribution in [2.75, 3.05) is 0 Å². The number of nitrogens with two attached hydrogens (primary N) is 1. The molecule has 0 bridgehead atoms. The smallest absolute Gasteiger partial charge is 0.267 e. The van der Waals surface area contributed by atoms with Gasteiger partial charge in [0.25, 0.3) is 10.0 Å². The van der Waals surface area contributed by atoms with Crippen molar-refractivity contribution in [1.29, 1.82) is 0 Å². The third-order valence-corrected chi connectivity index (χ3v) is 4.48. The maximum atomic E-state index is 12.4. The zero-order chi connectivity index (χ0) is 14.8. The van der Waals surface area contributed by atoms with Crippen molar-refractivity contribution in [1.82, 2.24) is 3.97 Å². The summed E-state index contributed by atoms with van der Waals surface area (Å²) in [4.78, 5) is 10.9. The molecule has 0 saturated carbocycles. The van der Waals surface area contributed by atoms with Crippen LogP contribution in [0.25, 0.3) is 0 Å². The van der Waals surface area contributed by atoms with Crippen LogP contribution < -0.4 is 5.73 Å². The normalized spacial score (nSPS) is 11.4. The maximum absolute atomic E-state index is 12.4. The Bertz CT molecular complexity index is 715. The maximum Gasteiger partial charge on any atom is 0.267 e. The Kier molecular flexibility index (Phi) is 3.94. The Morgan fingerprint density at radius 1 is 1.25 bits per heavy atom. The summed E-state index contributed by atoms with van der Waals surface area (Å²) in [6.07, 6.45) is 4.57. The van der Waals surface area contributed by atoms with Gasteiger partial charge >= 0.3 is 0 Å². The van der Waals surface area contributed by atoms with Gasteiger partial charge in [-0.3, -0.25) is 4.79 Å². The van der Waals surface area contributed by atoms with Crippen molar-refractivity contribution in [3.05, 3.63) is 60.3 Å². The van der Waals surface area contributed by atoms with Crippen molar-refractivity contribution >= 4 is 15.9 Å². The SMILES string of the molecule is Cc1ccc(S(=O)(=O)n2ccc([CH]CC(N)=O)c2)cc1. The predicted octanol–water partition coefficient (Wildman–Crippen LogP) is 1.46. The van der Waals surface area contributed by atoms with Gasteiger partial charge in [0.1, 0.15) is 0 Å². The summed E-state index contributed by atoms with van der Waals surface area (Å²) in [5.74, 6) is -0.459. The van der Waals surface area contributed by atoms with Gasteiger partial charge in [0.2, 0.25) is 5.91 Å². The first-order chi connectivity index (χ1) is 9.39. The lowest BCUT2D eigenvalue weighted by Gasteiger charge is -2.05. The van der Waals surface area contributed by atoms with E-state index in [0.717, 1.165) is 9.54 Å². The molecule has 0 unspecified atom stereocenters. The first-order valence-electron chi connectivity index (χ1n) is 6.01. The lowest BCUT2D eigenvalue weighted by molar-refractivity contribution is -0.117. The summed E-state index contributed by atoms with van der Waals surface area (Å²) in [6.45, 7) is 1.89. The number of benzene rings is 1. The van der Waals surface area contributed by atoms with Crippen LogP contribution >= 0.6 is 0 Å². The topological polar surface area (TPSA) is 82.2 Å². The van der Waals surface area contributed by atoms with Gasteiger partial charge < -0.3 is 5.73 Å². The summed E-state index contributed by atoms with van der Waals surface area (Å²) in [7, 11) is -3.59. The molecule has 2 aromatic rings. The number of hydrogen-bond donors (Lipinski definition) is 1. The van der Waals surface area contributed by atoms with Crippen LogP contribution in [0.5, 0.6) is 0 Å². The van der Waals surface area contributed by atoms with Crippen LogP contribution in [-0.2, 0) is 14.8 Å². The van der Waals surface area contributed by atoms with Crippen molar-refractivity contribution in [2.24, 2.45) is 5.73 Å². The van der Waals surface area contributed by atoms with E-state index in [1.54, 1.807) is 36.8 Å². The van der Waals surface area contributed by atoms with Crippen LogP contribution in [-0.4, -0.2) is 18.3 Å². The van der Waals surface area contributed by atoms with E-state index in [9.17, 15) is 13.2 Å². The number of aryl methyl sites for hydroxylation is 1. The van der Waals surface area contributed by atoms with Gasteiger partial charge in [-0.05, 0) is 30.7 Å². The molecule has 0 aliphatic carbocycles. The standard InChI is InChI=1S/C14H15N2O3S/c1-11-2-5-13(6-3-11)20(18,19)16-9-8-12(10-16)4-7-14(15)17/h2-6,8-10H,7H2,1H3,(H2,15,17). The van der Waals surface area contributed by atoms with E-state index >= 15 is 0 Å². The number of carbonyl (C=O) groups excluding carboxylic acids is 1. The third kappa shape index (κ3) is 3.08. The van der Waals surface area contributed by atoms with Gasteiger partial charge in [0, 0.05) is 25.2 Å². The second kappa shape index (κ2) is 5.50. The van der Waals surface area contributed by atoms with Gasteiger partial charge in [-0.2, -0.15) is 0 Å². The van der Waals surface area contributed by atoms with E-state index < -0.39 is 15.9 Å². The molecule has 20 heavy (non-hydrogen) atoms. The third-order valence-electron chi connectivity index (χ3n) is 2.83. The van der Waals surface area contributed by atoms with Gasteiger partial charge in [-0.25, -0.2) is 12.4 Å². The number of nitrogens with zero attached hydrogens (tertiary/aromatic N) is 1. The molecule has 105 valence electrons. The van der Waals surface area contributed by atoms with Gasteiger partial charge in [-0.1, -0.05) is 17.7 Å². The molecule has 1 aromatic heterocycles. The summed E-state index contributed by atoms with van der Waals surface area (Å²) in [5.41, 5.74) is 6.67. The van der Waals surface area contributed by atoms with Crippen LogP contribution in [0.4, 0.5) is 0 Å². The Morgan fingerprint density at radius 3 is 2.50 bits per heavy atom. The summed E-state index contributed by atoms with van der Waals surface area (Å²) in [5, 5.41) is 0. The highest BCUT2D eigenvalue weighted by molar-refractivity contribution is 7.90. The predicted molar refractivity (Wildman–Crippen MR) is 75.4 cm³/mol. The number of rotatable bonds is 5. The molecule has 0 fully saturated rings. The summed E-state index contributed by atoms with van der Waals surface area (Å²) < 4.78 is 25.8. The highest BCUT2D eigenvalue weighted by Crippen LogP contribution is 2.17. The fraction of sp³-hybridized carbons (Fsp3) is 0.143. The molecule has 5 nitrogen and oxygen atoms in total. The lowest BCUT2D eigenvalue weighted by Crippen LogP contribution is -2.11. The molecule has 1 aromatic carbocycles. The minimum absolute atomic E-state index is 0.0780. The molecule has 1 heterocycles. The second-order valence-electron chi connectivity index (χ2n) is 4.47. The molecular formula is C14H15N2O3S. The van der Waals surface area contributed by atoms with Crippen LogP contribution in [0.1, 0.15) is 17.5 Å². The quantitative estimate of drug-likeness (QED) is 0.905. The number of carbonyl (C=O) groups is 1. The van der Waals surface area contributed by atoms with E-state index in [4.69, 9.17) is 5.73 Å². The number of aromatic nitrogens is 1. The minimum Gasteiger partial charge on any atom is -0.370 e.